The van der Waals surface area contributed by atoms with Gasteiger partial charge in [-0.1, -0.05) is 12.1 Å². The molecule has 1 aliphatic heterocycles. The van der Waals surface area contributed by atoms with Gasteiger partial charge in [0.05, 0.1) is 17.6 Å². The number of likely N-dealkylation sites (tertiary alicyclic amines) is 1. The van der Waals surface area contributed by atoms with Crippen LogP contribution >= 0.6 is 0 Å². The second-order valence-corrected chi connectivity index (χ2v) is 7.19. The van der Waals surface area contributed by atoms with Crippen LogP contribution in [0.4, 0.5) is 0 Å². The van der Waals surface area contributed by atoms with Crippen LogP contribution in [0.2, 0.25) is 0 Å². The lowest BCUT2D eigenvalue weighted by Gasteiger charge is -2.25. The van der Waals surface area contributed by atoms with Gasteiger partial charge in [-0.2, -0.15) is 0 Å². The first-order valence-corrected chi connectivity index (χ1v) is 9.22. The third kappa shape index (κ3) is 4.05. The third-order valence-electron chi connectivity index (χ3n) is 5.40. The molecule has 8 heteroatoms. The number of para-hydroxylation sites is 2. The molecule has 0 saturated carbocycles. The maximum Gasteiger partial charge on any atom is 0.329 e. The first kappa shape index (κ1) is 19.2. The quantitative estimate of drug-likeness (QED) is 0.834. The maximum atomic E-state index is 12.8. The standard InChI is InChI=1S/C19H26N4O4/c1-20(13-18(25)26)14-6-5-10-22(11-9-14)17(24)12-23-16-8-4-3-7-15(16)21(2)19(23)27/h3-4,7-8,14H,5-6,9-13H2,1-2H3,(H,25,26). The van der Waals surface area contributed by atoms with Gasteiger partial charge in [0.2, 0.25) is 5.91 Å². The number of aryl methyl sites for hydroxylation is 1. The second kappa shape index (κ2) is 7.96. The zero-order valence-corrected chi connectivity index (χ0v) is 15.8. The van der Waals surface area contributed by atoms with E-state index in [1.54, 1.807) is 16.5 Å². The molecule has 27 heavy (non-hydrogen) atoms. The molecule has 146 valence electrons. The van der Waals surface area contributed by atoms with Crippen LogP contribution in [0.1, 0.15) is 19.3 Å². The highest BCUT2D eigenvalue weighted by Crippen LogP contribution is 2.17. The number of nitrogens with zero attached hydrogens (tertiary/aromatic N) is 4. The Kier molecular flexibility index (Phi) is 5.65. The van der Waals surface area contributed by atoms with E-state index >= 15 is 0 Å². The minimum Gasteiger partial charge on any atom is -0.480 e. The number of carboxylic acid groups (broad SMARTS) is 1. The van der Waals surface area contributed by atoms with Crippen molar-refractivity contribution < 1.29 is 14.7 Å². The number of fused-ring (bicyclic) bond motifs is 1. The lowest BCUT2D eigenvalue weighted by Crippen LogP contribution is -2.39. The molecule has 1 aliphatic rings. The predicted molar refractivity (Wildman–Crippen MR) is 102 cm³/mol. The van der Waals surface area contributed by atoms with Gasteiger partial charge >= 0.3 is 11.7 Å². The topological polar surface area (TPSA) is 87.8 Å². The number of aromatic nitrogens is 2. The summed E-state index contributed by atoms with van der Waals surface area (Å²) >= 11 is 0. The van der Waals surface area contributed by atoms with Crippen LogP contribution in [0.25, 0.3) is 11.0 Å². The summed E-state index contributed by atoms with van der Waals surface area (Å²) < 4.78 is 3.08. The molecular weight excluding hydrogens is 348 g/mol. The highest BCUT2D eigenvalue weighted by molar-refractivity contribution is 5.81. The van der Waals surface area contributed by atoms with Gasteiger partial charge in [0.15, 0.2) is 0 Å². The number of imidazole rings is 1. The number of hydrogen-bond donors (Lipinski definition) is 1. The van der Waals surface area contributed by atoms with Crippen LogP contribution in [0.3, 0.4) is 0 Å². The van der Waals surface area contributed by atoms with Gasteiger partial charge in [0.1, 0.15) is 6.54 Å². The molecule has 2 heterocycles. The minimum absolute atomic E-state index is 0.00398. The fourth-order valence-electron chi connectivity index (χ4n) is 3.86. The Balaban J connectivity index is 1.70. The molecule has 8 nitrogen and oxygen atoms in total. The molecule has 1 aromatic heterocycles. The Bertz CT molecular complexity index is 901. The van der Waals surface area contributed by atoms with E-state index in [4.69, 9.17) is 5.11 Å². The fourth-order valence-corrected chi connectivity index (χ4v) is 3.86. The number of carboxylic acids is 1. The molecule has 1 N–H and O–H groups in total. The van der Waals surface area contributed by atoms with Crippen LogP contribution in [0.5, 0.6) is 0 Å². The van der Waals surface area contributed by atoms with Crippen molar-refractivity contribution in [2.45, 2.75) is 31.8 Å². The lowest BCUT2D eigenvalue weighted by atomic mass is 10.1. The summed E-state index contributed by atoms with van der Waals surface area (Å²) in [7, 11) is 3.52. The largest absolute Gasteiger partial charge is 0.480 e. The Hall–Kier alpha value is -2.61. The molecule has 0 bridgehead atoms. The first-order chi connectivity index (χ1) is 12.9. The molecule has 0 aliphatic carbocycles. The molecule has 3 rings (SSSR count). The third-order valence-corrected chi connectivity index (χ3v) is 5.40. The Morgan fingerprint density at radius 2 is 1.89 bits per heavy atom. The van der Waals surface area contributed by atoms with E-state index in [2.05, 4.69) is 0 Å². The summed E-state index contributed by atoms with van der Waals surface area (Å²) in [6.07, 6.45) is 2.42. The zero-order valence-electron chi connectivity index (χ0n) is 15.8. The molecule has 1 saturated heterocycles. The van der Waals surface area contributed by atoms with Gasteiger partial charge in [-0.3, -0.25) is 23.6 Å². The van der Waals surface area contributed by atoms with Crippen LogP contribution in [0.15, 0.2) is 29.1 Å². The van der Waals surface area contributed by atoms with Crippen LogP contribution in [0, 0.1) is 0 Å². The number of carbonyl (C=O) groups is 2. The SMILES string of the molecule is CN(CC(=O)O)C1CCCN(C(=O)Cn2c(=O)n(C)c3ccccc32)CC1. The molecule has 1 unspecified atom stereocenters. The van der Waals surface area contributed by atoms with E-state index < -0.39 is 5.97 Å². The van der Waals surface area contributed by atoms with Gasteiger partial charge < -0.3 is 10.0 Å². The molecule has 1 atom stereocenters. The highest BCUT2D eigenvalue weighted by Gasteiger charge is 2.25. The minimum atomic E-state index is -0.843. The Morgan fingerprint density at radius 1 is 1.19 bits per heavy atom. The fraction of sp³-hybridized carbons (Fsp3) is 0.526. The summed E-state index contributed by atoms with van der Waals surface area (Å²) in [6, 6.07) is 7.60. The zero-order chi connectivity index (χ0) is 19.6. The van der Waals surface area contributed by atoms with Crippen molar-refractivity contribution in [3.8, 4) is 0 Å². The van der Waals surface area contributed by atoms with Gasteiger partial charge in [0.25, 0.3) is 0 Å². The number of aliphatic carboxylic acids is 1. The Labute approximate surface area is 157 Å². The number of rotatable bonds is 5. The normalized spacial score (nSPS) is 18.0. The number of hydrogen-bond acceptors (Lipinski definition) is 4. The molecule has 0 spiro atoms. The van der Waals surface area contributed by atoms with E-state index in [0.29, 0.717) is 13.1 Å². The van der Waals surface area contributed by atoms with Crippen molar-refractivity contribution in [2.75, 3.05) is 26.7 Å². The highest BCUT2D eigenvalue weighted by atomic mass is 16.4. The lowest BCUT2D eigenvalue weighted by molar-refractivity contribution is -0.138. The van der Waals surface area contributed by atoms with E-state index in [9.17, 15) is 14.4 Å². The molecule has 1 aromatic carbocycles. The number of benzene rings is 1. The average Bonchev–Trinajstić information content (AvgIpc) is 2.83. The van der Waals surface area contributed by atoms with Crippen molar-refractivity contribution in [1.82, 2.24) is 18.9 Å². The summed E-state index contributed by atoms with van der Waals surface area (Å²) in [5, 5.41) is 8.96. The first-order valence-electron chi connectivity index (χ1n) is 9.22. The summed E-state index contributed by atoms with van der Waals surface area (Å²) in [6.45, 7) is 1.24. The van der Waals surface area contributed by atoms with Gasteiger partial charge in [0, 0.05) is 26.2 Å². The molecular formula is C19H26N4O4. The van der Waals surface area contributed by atoms with Crippen molar-refractivity contribution in [1.29, 1.82) is 0 Å². The average molecular weight is 374 g/mol. The van der Waals surface area contributed by atoms with E-state index in [0.717, 1.165) is 30.3 Å². The van der Waals surface area contributed by atoms with Crippen LogP contribution in [-0.4, -0.2) is 68.6 Å². The molecule has 2 aromatic rings. The van der Waals surface area contributed by atoms with E-state index in [1.807, 2.05) is 36.2 Å². The van der Waals surface area contributed by atoms with E-state index in [1.165, 1.54) is 4.57 Å². The number of likely N-dealkylation sites (N-methyl/N-ethyl adjacent to an activating group) is 1. The maximum absolute atomic E-state index is 12.8. The Morgan fingerprint density at radius 3 is 2.59 bits per heavy atom. The monoisotopic (exact) mass is 374 g/mol. The van der Waals surface area contributed by atoms with E-state index in [-0.39, 0.29) is 30.7 Å². The van der Waals surface area contributed by atoms with Gasteiger partial charge in [-0.25, -0.2) is 4.79 Å². The van der Waals surface area contributed by atoms with Gasteiger partial charge in [-0.15, -0.1) is 0 Å². The molecule has 1 amide bonds. The summed E-state index contributed by atoms with van der Waals surface area (Å²) in [4.78, 5) is 39.9. The summed E-state index contributed by atoms with van der Waals surface area (Å²) in [5.74, 6) is -0.917. The van der Waals surface area contributed by atoms with Crippen molar-refractivity contribution in [3.05, 3.63) is 34.7 Å². The van der Waals surface area contributed by atoms with Crippen molar-refractivity contribution in [2.24, 2.45) is 7.05 Å². The van der Waals surface area contributed by atoms with Crippen molar-refractivity contribution >= 4 is 22.9 Å². The van der Waals surface area contributed by atoms with Crippen molar-refractivity contribution in [3.63, 3.8) is 0 Å². The molecule has 1 fully saturated rings. The number of amides is 1. The predicted octanol–water partition coefficient (Wildman–Crippen LogP) is 0.738. The summed E-state index contributed by atoms with van der Waals surface area (Å²) in [5.41, 5.74) is 1.37. The van der Waals surface area contributed by atoms with Gasteiger partial charge in [-0.05, 0) is 38.4 Å². The van der Waals surface area contributed by atoms with Crippen LogP contribution in [-0.2, 0) is 23.2 Å². The smallest absolute Gasteiger partial charge is 0.329 e. The second-order valence-electron chi connectivity index (χ2n) is 7.19. The molecule has 0 radical (unpaired) electrons. The van der Waals surface area contributed by atoms with Crippen LogP contribution < -0.4 is 5.69 Å². The number of carbonyl (C=O) groups excluding carboxylic acids is 1.